The van der Waals surface area contributed by atoms with Gasteiger partial charge in [-0.2, -0.15) is 10.2 Å². The van der Waals surface area contributed by atoms with Crippen LogP contribution in [0.2, 0.25) is 0 Å². The third-order valence-electron chi connectivity index (χ3n) is 4.49. The number of benzene rings is 1. The van der Waals surface area contributed by atoms with Crippen molar-refractivity contribution < 1.29 is 4.74 Å². The van der Waals surface area contributed by atoms with Gasteiger partial charge in [-0.1, -0.05) is 30.3 Å². The van der Waals surface area contributed by atoms with Gasteiger partial charge in [0, 0.05) is 24.4 Å². The van der Waals surface area contributed by atoms with Crippen LogP contribution >= 0.6 is 12.2 Å². The number of rotatable bonds is 6. The maximum atomic E-state index is 5.56. The lowest BCUT2D eigenvalue weighted by atomic mass is 10.2. The molecule has 0 unspecified atom stereocenters. The van der Waals surface area contributed by atoms with Gasteiger partial charge in [0.05, 0.1) is 24.6 Å². The van der Waals surface area contributed by atoms with Gasteiger partial charge in [-0.05, 0) is 44.5 Å². The zero-order valence-electron chi connectivity index (χ0n) is 15.2. The van der Waals surface area contributed by atoms with Gasteiger partial charge in [0.1, 0.15) is 0 Å². The molecule has 2 aromatic rings. The quantitative estimate of drug-likeness (QED) is 0.464. The van der Waals surface area contributed by atoms with Crippen molar-refractivity contribution in [2.75, 3.05) is 13.2 Å². The molecule has 0 amide bonds. The molecule has 138 valence electrons. The minimum Gasteiger partial charge on any atom is -0.376 e. The number of aromatic nitrogens is 2. The fourth-order valence-corrected chi connectivity index (χ4v) is 3.15. The minimum atomic E-state index is 0.249. The zero-order valence-corrected chi connectivity index (χ0v) is 16.1. The zero-order chi connectivity index (χ0) is 18.4. The van der Waals surface area contributed by atoms with Crippen LogP contribution in [0.15, 0.2) is 35.4 Å². The van der Waals surface area contributed by atoms with E-state index in [1.807, 2.05) is 29.8 Å². The lowest BCUT2D eigenvalue weighted by Crippen LogP contribution is -2.37. The Morgan fingerprint density at radius 1 is 1.38 bits per heavy atom. The molecule has 2 N–H and O–H groups in total. The first kappa shape index (κ1) is 18.5. The number of hydrogen-bond acceptors (Lipinski definition) is 4. The molecular formula is C19H25N5OS. The van der Waals surface area contributed by atoms with E-state index in [1.54, 1.807) is 6.21 Å². The number of hydrogen-bond donors (Lipinski definition) is 2. The van der Waals surface area contributed by atoms with Crippen molar-refractivity contribution in [2.24, 2.45) is 5.10 Å². The minimum absolute atomic E-state index is 0.249. The maximum absolute atomic E-state index is 5.56. The van der Waals surface area contributed by atoms with Crippen LogP contribution in [0.1, 0.15) is 35.4 Å². The van der Waals surface area contributed by atoms with E-state index < -0.39 is 0 Å². The molecule has 7 heteroatoms. The molecule has 1 fully saturated rings. The second kappa shape index (κ2) is 8.91. The topological polar surface area (TPSA) is 63.5 Å². The highest BCUT2D eigenvalue weighted by Crippen LogP contribution is 2.13. The van der Waals surface area contributed by atoms with E-state index in [1.165, 1.54) is 5.56 Å². The number of nitrogens with one attached hydrogen (secondary N) is 2. The van der Waals surface area contributed by atoms with E-state index in [4.69, 9.17) is 17.0 Å². The summed E-state index contributed by atoms with van der Waals surface area (Å²) in [7, 11) is 0. The van der Waals surface area contributed by atoms with Crippen molar-refractivity contribution in [3.05, 3.63) is 52.8 Å². The van der Waals surface area contributed by atoms with Crippen LogP contribution in [0.4, 0.5) is 0 Å². The maximum Gasteiger partial charge on any atom is 0.187 e. The van der Waals surface area contributed by atoms with Crippen LogP contribution < -0.4 is 10.7 Å². The van der Waals surface area contributed by atoms with E-state index in [-0.39, 0.29) is 6.10 Å². The molecule has 6 nitrogen and oxygen atoms in total. The molecule has 2 heterocycles. The molecule has 1 saturated heterocycles. The van der Waals surface area contributed by atoms with Crippen LogP contribution in [0.25, 0.3) is 0 Å². The Hall–Kier alpha value is -2.25. The van der Waals surface area contributed by atoms with Crippen molar-refractivity contribution >= 4 is 23.5 Å². The van der Waals surface area contributed by atoms with Crippen molar-refractivity contribution in [2.45, 2.75) is 39.3 Å². The molecule has 3 rings (SSSR count). The number of ether oxygens (including phenoxy) is 1. The van der Waals surface area contributed by atoms with Gasteiger partial charge in [0.2, 0.25) is 0 Å². The van der Waals surface area contributed by atoms with E-state index in [0.717, 1.165) is 42.9 Å². The molecule has 1 aromatic heterocycles. The third kappa shape index (κ3) is 4.89. The van der Waals surface area contributed by atoms with E-state index in [2.05, 4.69) is 40.0 Å². The fraction of sp³-hybridized carbons (Fsp3) is 0.421. The molecule has 0 saturated carbocycles. The summed E-state index contributed by atoms with van der Waals surface area (Å²) in [5.74, 6) is 0. The van der Waals surface area contributed by atoms with Gasteiger partial charge in [0.25, 0.3) is 0 Å². The molecule has 0 aliphatic carbocycles. The number of thiocarbonyl (C=S) groups is 1. The summed E-state index contributed by atoms with van der Waals surface area (Å²) in [6.45, 7) is 6.35. The summed E-state index contributed by atoms with van der Waals surface area (Å²) in [5, 5.41) is 12.5. The molecule has 1 aromatic carbocycles. The highest BCUT2D eigenvalue weighted by molar-refractivity contribution is 7.80. The predicted octanol–water partition coefficient (Wildman–Crippen LogP) is 2.53. The highest BCUT2D eigenvalue weighted by atomic mass is 32.1. The standard InChI is InChI=1S/C19H25N5OS/c1-14-18(12-21-22-19(26)20-11-17-9-6-10-25-17)15(2)24(23-14)13-16-7-4-3-5-8-16/h3-5,7-8,12,17H,6,9-11,13H2,1-2H3,(H2,20,22,26)/b21-12-/t17-/m0/s1. The summed E-state index contributed by atoms with van der Waals surface area (Å²) in [4.78, 5) is 0. The first-order valence-electron chi connectivity index (χ1n) is 8.90. The Morgan fingerprint density at radius 3 is 2.92 bits per heavy atom. The molecular weight excluding hydrogens is 346 g/mol. The molecule has 0 bridgehead atoms. The molecule has 26 heavy (non-hydrogen) atoms. The van der Waals surface area contributed by atoms with Gasteiger partial charge in [-0.3, -0.25) is 10.1 Å². The monoisotopic (exact) mass is 371 g/mol. The van der Waals surface area contributed by atoms with Crippen LogP contribution in [-0.4, -0.2) is 40.4 Å². The molecule has 0 spiro atoms. The average molecular weight is 372 g/mol. The van der Waals surface area contributed by atoms with Gasteiger partial charge >= 0.3 is 0 Å². The lowest BCUT2D eigenvalue weighted by Gasteiger charge is -2.11. The number of nitrogens with zero attached hydrogens (tertiary/aromatic N) is 3. The van der Waals surface area contributed by atoms with Crippen LogP contribution in [-0.2, 0) is 11.3 Å². The summed E-state index contributed by atoms with van der Waals surface area (Å²) in [6, 6.07) is 10.3. The van der Waals surface area contributed by atoms with Gasteiger partial charge in [0.15, 0.2) is 5.11 Å². The Kier molecular flexibility index (Phi) is 6.35. The van der Waals surface area contributed by atoms with Crippen molar-refractivity contribution in [3.8, 4) is 0 Å². The largest absolute Gasteiger partial charge is 0.376 e. The normalized spacial score (nSPS) is 16.9. The fourth-order valence-electron chi connectivity index (χ4n) is 3.01. The summed E-state index contributed by atoms with van der Waals surface area (Å²) >= 11 is 5.25. The smallest absolute Gasteiger partial charge is 0.187 e. The second-order valence-corrected chi connectivity index (χ2v) is 6.85. The Balaban J connectivity index is 1.55. The third-order valence-corrected chi connectivity index (χ3v) is 4.72. The lowest BCUT2D eigenvalue weighted by molar-refractivity contribution is 0.114. The highest BCUT2D eigenvalue weighted by Gasteiger charge is 2.15. The second-order valence-electron chi connectivity index (χ2n) is 6.44. The molecule has 1 aliphatic rings. The van der Waals surface area contributed by atoms with Crippen molar-refractivity contribution in [1.29, 1.82) is 0 Å². The van der Waals surface area contributed by atoms with E-state index >= 15 is 0 Å². The molecule has 1 atom stereocenters. The Morgan fingerprint density at radius 2 is 2.19 bits per heavy atom. The van der Waals surface area contributed by atoms with Crippen molar-refractivity contribution in [3.63, 3.8) is 0 Å². The Labute approximate surface area is 159 Å². The predicted molar refractivity (Wildman–Crippen MR) is 108 cm³/mol. The first-order valence-corrected chi connectivity index (χ1v) is 9.30. The van der Waals surface area contributed by atoms with Crippen LogP contribution in [0.5, 0.6) is 0 Å². The van der Waals surface area contributed by atoms with Gasteiger partial charge in [-0.15, -0.1) is 0 Å². The molecule has 0 radical (unpaired) electrons. The summed E-state index contributed by atoms with van der Waals surface area (Å²) in [6.07, 6.45) is 4.23. The average Bonchev–Trinajstić information content (AvgIpc) is 3.25. The van der Waals surface area contributed by atoms with Gasteiger partial charge < -0.3 is 10.1 Å². The summed E-state index contributed by atoms with van der Waals surface area (Å²) in [5.41, 5.74) is 7.12. The number of aryl methyl sites for hydroxylation is 1. The van der Waals surface area contributed by atoms with Crippen molar-refractivity contribution in [1.82, 2.24) is 20.5 Å². The number of hydrazone groups is 1. The first-order chi connectivity index (χ1) is 12.6. The van der Waals surface area contributed by atoms with E-state index in [0.29, 0.717) is 11.7 Å². The van der Waals surface area contributed by atoms with Crippen LogP contribution in [0.3, 0.4) is 0 Å². The summed E-state index contributed by atoms with van der Waals surface area (Å²) < 4.78 is 7.56. The molecule has 1 aliphatic heterocycles. The SMILES string of the molecule is Cc1nn(Cc2ccccc2)c(C)c1/C=N\NC(=S)NC[C@@H]1CCCO1. The van der Waals surface area contributed by atoms with E-state index in [9.17, 15) is 0 Å². The Bertz CT molecular complexity index is 766. The van der Waals surface area contributed by atoms with Gasteiger partial charge in [-0.25, -0.2) is 0 Å². The van der Waals surface area contributed by atoms with Crippen LogP contribution in [0, 0.1) is 13.8 Å².